The lowest BCUT2D eigenvalue weighted by atomic mass is 9.99. The maximum Gasteiger partial charge on any atom is 0.193 e. The third kappa shape index (κ3) is 2.59. The largest absolute Gasteiger partial charge is 0.289 e. The van der Waals surface area contributed by atoms with Crippen molar-refractivity contribution in [1.82, 2.24) is 0 Å². The van der Waals surface area contributed by atoms with E-state index in [0.717, 1.165) is 10.0 Å². The summed E-state index contributed by atoms with van der Waals surface area (Å²) in [6.45, 7) is 1.86. The van der Waals surface area contributed by atoms with E-state index in [0.29, 0.717) is 16.1 Å². The first-order valence-corrected chi connectivity index (χ1v) is 6.32. The van der Waals surface area contributed by atoms with Crippen molar-refractivity contribution < 1.29 is 4.79 Å². The second-order valence-corrected chi connectivity index (χ2v) is 5.07. The van der Waals surface area contributed by atoms with Gasteiger partial charge in [0.25, 0.3) is 0 Å². The average molecular weight is 310 g/mol. The van der Waals surface area contributed by atoms with E-state index < -0.39 is 0 Å². The van der Waals surface area contributed by atoms with Crippen LogP contribution in [-0.4, -0.2) is 5.78 Å². The van der Waals surface area contributed by atoms with Gasteiger partial charge >= 0.3 is 0 Å². The number of ketones is 1. The molecule has 3 heteroatoms. The molecule has 0 bridgehead atoms. The van der Waals surface area contributed by atoms with Crippen molar-refractivity contribution in [1.29, 1.82) is 0 Å². The minimum Gasteiger partial charge on any atom is -0.289 e. The first-order chi connectivity index (χ1) is 8.09. The molecule has 0 saturated heterocycles. The predicted octanol–water partition coefficient (Wildman–Crippen LogP) is 4.64. The number of carbonyl (C=O) groups is 1. The van der Waals surface area contributed by atoms with Crippen LogP contribution in [-0.2, 0) is 0 Å². The standard InChI is InChI=1S/C14H10BrClO/c1-9-12(3-2-4-13(9)16)14(17)10-5-7-11(15)8-6-10/h2-8H,1H3. The minimum atomic E-state index is -0.00231. The molecule has 0 amide bonds. The van der Waals surface area contributed by atoms with Gasteiger partial charge in [-0.05, 0) is 42.8 Å². The van der Waals surface area contributed by atoms with Crippen LogP contribution in [0.2, 0.25) is 5.02 Å². The average Bonchev–Trinajstić information content (AvgIpc) is 2.33. The van der Waals surface area contributed by atoms with Crippen LogP contribution in [0, 0.1) is 6.92 Å². The van der Waals surface area contributed by atoms with E-state index in [1.54, 1.807) is 30.3 Å². The summed E-state index contributed by atoms with van der Waals surface area (Å²) >= 11 is 9.36. The van der Waals surface area contributed by atoms with Crippen LogP contribution in [0.5, 0.6) is 0 Å². The summed E-state index contributed by atoms with van der Waals surface area (Å²) in [5.41, 5.74) is 2.14. The zero-order valence-electron chi connectivity index (χ0n) is 9.21. The fraction of sp³-hybridized carbons (Fsp3) is 0.0714. The lowest BCUT2D eigenvalue weighted by molar-refractivity contribution is 0.103. The van der Waals surface area contributed by atoms with Gasteiger partial charge in [0.05, 0.1) is 0 Å². The Morgan fingerprint density at radius 3 is 2.41 bits per heavy atom. The molecule has 0 atom stereocenters. The number of hydrogen-bond donors (Lipinski definition) is 0. The SMILES string of the molecule is Cc1c(Cl)cccc1C(=O)c1ccc(Br)cc1. The lowest BCUT2D eigenvalue weighted by Gasteiger charge is -2.06. The number of halogens is 2. The maximum absolute atomic E-state index is 12.3. The van der Waals surface area contributed by atoms with Crippen molar-refractivity contribution in [2.75, 3.05) is 0 Å². The van der Waals surface area contributed by atoms with Crippen LogP contribution in [0.25, 0.3) is 0 Å². The number of hydrogen-bond acceptors (Lipinski definition) is 1. The highest BCUT2D eigenvalue weighted by Crippen LogP contribution is 2.22. The van der Waals surface area contributed by atoms with Gasteiger partial charge in [0.1, 0.15) is 0 Å². The van der Waals surface area contributed by atoms with Gasteiger partial charge in [-0.2, -0.15) is 0 Å². The fourth-order valence-corrected chi connectivity index (χ4v) is 2.05. The Bertz CT molecular complexity index is 561. The highest BCUT2D eigenvalue weighted by atomic mass is 79.9. The molecule has 2 aromatic carbocycles. The molecule has 17 heavy (non-hydrogen) atoms. The molecule has 0 fully saturated rings. The summed E-state index contributed by atoms with van der Waals surface area (Å²) in [4.78, 5) is 12.3. The van der Waals surface area contributed by atoms with E-state index in [2.05, 4.69) is 15.9 Å². The van der Waals surface area contributed by atoms with Gasteiger partial charge in [-0.3, -0.25) is 4.79 Å². The van der Waals surface area contributed by atoms with Gasteiger partial charge in [0.15, 0.2) is 5.78 Å². The zero-order chi connectivity index (χ0) is 12.4. The van der Waals surface area contributed by atoms with Crippen LogP contribution in [0.15, 0.2) is 46.9 Å². The van der Waals surface area contributed by atoms with Crippen molar-refractivity contribution >= 4 is 33.3 Å². The molecule has 2 aromatic rings. The quantitative estimate of drug-likeness (QED) is 0.738. The molecule has 0 aliphatic carbocycles. The topological polar surface area (TPSA) is 17.1 Å². The second kappa shape index (κ2) is 5.03. The Labute approximate surface area is 114 Å². The van der Waals surface area contributed by atoms with Crippen LogP contribution in [0.1, 0.15) is 21.5 Å². The Balaban J connectivity index is 2.44. The molecule has 0 heterocycles. The lowest BCUT2D eigenvalue weighted by Crippen LogP contribution is -2.03. The molecule has 0 aliphatic rings. The van der Waals surface area contributed by atoms with Crippen LogP contribution >= 0.6 is 27.5 Å². The van der Waals surface area contributed by atoms with Crippen LogP contribution in [0.4, 0.5) is 0 Å². The fourth-order valence-electron chi connectivity index (χ4n) is 1.61. The highest BCUT2D eigenvalue weighted by Gasteiger charge is 2.12. The van der Waals surface area contributed by atoms with E-state index >= 15 is 0 Å². The van der Waals surface area contributed by atoms with E-state index in [1.165, 1.54) is 0 Å². The first kappa shape index (κ1) is 12.3. The predicted molar refractivity (Wildman–Crippen MR) is 73.8 cm³/mol. The van der Waals surface area contributed by atoms with Crippen LogP contribution < -0.4 is 0 Å². The smallest absolute Gasteiger partial charge is 0.193 e. The summed E-state index contributed by atoms with van der Waals surface area (Å²) in [5.74, 6) is -0.00231. The van der Waals surface area contributed by atoms with Gasteiger partial charge in [-0.15, -0.1) is 0 Å². The second-order valence-electron chi connectivity index (χ2n) is 3.75. The van der Waals surface area contributed by atoms with Gasteiger partial charge in [-0.25, -0.2) is 0 Å². The number of carbonyl (C=O) groups excluding carboxylic acids is 1. The van der Waals surface area contributed by atoms with E-state index in [1.807, 2.05) is 19.1 Å². The zero-order valence-corrected chi connectivity index (χ0v) is 11.5. The summed E-state index contributed by atoms with van der Waals surface area (Å²) in [6, 6.07) is 12.7. The molecule has 1 nitrogen and oxygen atoms in total. The first-order valence-electron chi connectivity index (χ1n) is 5.15. The van der Waals surface area contributed by atoms with Gasteiger partial charge in [-0.1, -0.05) is 39.7 Å². The molecular formula is C14H10BrClO. The van der Waals surface area contributed by atoms with Crippen LogP contribution in [0.3, 0.4) is 0 Å². The Hall–Kier alpha value is -1.12. The molecule has 0 unspecified atom stereocenters. The van der Waals surface area contributed by atoms with Gasteiger partial charge in [0.2, 0.25) is 0 Å². The molecule has 0 N–H and O–H groups in total. The highest BCUT2D eigenvalue weighted by molar-refractivity contribution is 9.10. The molecule has 0 spiro atoms. The monoisotopic (exact) mass is 308 g/mol. The van der Waals surface area contributed by atoms with Gasteiger partial charge in [0, 0.05) is 20.6 Å². The van der Waals surface area contributed by atoms with Crippen molar-refractivity contribution in [2.45, 2.75) is 6.92 Å². The molecule has 0 saturated carbocycles. The summed E-state index contributed by atoms with van der Waals surface area (Å²) < 4.78 is 0.955. The summed E-state index contributed by atoms with van der Waals surface area (Å²) in [7, 11) is 0. The van der Waals surface area contributed by atoms with Crippen molar-refractivity contribution in [3.05, 3.63) is 68.7 Å². The minimum absolute atomic E-state index is 0.00231. The molecule has 86 valence electrons. The number of rotatable bonds is 2. The Morgan fingerprint density at radius 1 is 1.12 bits per heavy atom. The number of benzene rings is 2. The van der Waals surface area contributed by atoms with Crippen molar-refractivity contribution in [3.8, 4) is 0 Å². The third-order valence-corrected chi connectivity index (χ3v) is 3.56. The van der Waals surface area contributed by atoms with E-state index in [-0.39, 0.29) is 5.78 Å². The summed E-state index contributed by atoms with van der Waals surface area (Å²) in [5, 5.41) is 0.618. The van der Waals surface area contributed by atoms with E-state index in [4.69, 9.17) is 11.6 Å². The van der Waals surface area contributed by atoms with Crippen molar-refractivity contribution in [2.24, 2.45) is 0 Å². The van der Waals surface area contributed by atoms with Gasteiger partial charge < -0.3 is 0 Å². The van der Waals surface area contributed by atoms with E-state index in [9.17, 15) is 4.79 Å². The molecule has 2 rings (SSSR count). The Kier molecular flexibility index (Phi) is 3.65. The maximum atomic E-state index is 12.3. The Morgan fingerprint density at radius 2 is 1.76 bits per heavy atom. The molecule has 0 aromatic heterocycles. The van der Waals surface area contributed by atoms with Crippen molar-refractivity contribution in [3.63, 3.8) is 0 Å². The third-order valence-electron chi connectivity index (χ3n) is 2.62. The summed E-state index contributed by atoms with van der Waals surface area (Å²) in [6.07, 6.45) is 0. The molecule has 0 radical (unpaired) electrons. The molecule has 0 aliphatic heterocycles. The normalized spacial score (nSPS) is 10.3. The molecular weight excluding hydrogens is 300 g/mol.